The topological polar surface area (TPSA) is 51.6 Å². The number of hydrogen-bond donors (Lipinski definition) is 0. The van der Waals surface area contributed by atoms with E-state index in [0.29, 0.717) is 24.2 Å². The summed E-state index contributed by atoms with van der Waals surface area (Å²) in [5.41, 5.74) is 1.81. The van der Waals surface area contributed by atoms with Crippen molar-refractivity contribution in [3.63, 3.8) is 0 Å². The molecular formula is C21H23FN2O3. The maximum atomic E-state index is 13.3. The van der Waals surface area contributed by atoms with Crippen LogP contribution in [0, 0.1) is 18.7 Å². The highest BCUT2D eigenvalue weighted by atomic mass is 19.1. The minimum atomic E-state index is -0.271. The van der Waals surface area contributed by atoms with Crippen molar-refractivity contribution in [1.82, 2.24) is 9.88 Å². The Balaban J connectivity index is 1.35. The number of benzene rings is 1. The Bertz CT molecular complexity index is 875. The molecule has 3 heterocycles. The Kier molecular flexibility index (Phi) is 5.25. The normalized spacial score (nSPS) is 17.9. The maximum Gasteiger partial charge on any atom is 0.229 e. The van der Waals surface area contributed by atoms with Gasteiger partial charge in [0.2, 0.25) is 5.89 Å². The molecule has 0 N–H and O–H groups in total. The Morgan fingerprint density at radius 3 is 3.07 bits per heavy atom. The lowest BCUT2D eigenvalue weighted by Gasteiger charge is -2.32. The van der Waals surface area contributed by atoms with Crippen molar-refractivity contribution in [2.75, 3.05) is 19.7 Å². The molecule has 2 aromatic heterocycles. The Morgan fingerprint density at radius 2 is 2.26 bits per heavy atom. The number of rotatable bonds is 6. The van der Waals surface area contributed by atoms with Crippen LogP contribution in [-0.2, 0) is 6.54 Å². The van der Waals surface area contributed by atoms with Gasteiger partial charge in [-0.3, -0.25) is 4.90 Å². The quantitative estimate of drug-likeness (QED) is 0.631. The molecule has 142 valence electrons. The van der Waals surface area contributed by atoms with Crippen molar-refractivity contribution in [2.24, 2.45) is 5.92 Å². The smallest absolute Gasteiger partial charge is 0.229 e. The minimum absolute atomic E-state index is 0.271. The summed E-state index contributed by atoms with van der Waals surface area (Å²) in [6, 6.07) is 8.16. The Labute approximate surface area is 157 Å². The van der Waals surface area contributed by atoms with Gasteiger partial charge in [-0.15, -0.1) is 0 Å². The van der Waals surface area contributed by atoms with Gasteiger partial charge in [-0.2, -0.15) is 0 Å². The van der Waals surface area contributed by atoms with Crippen LogP contribution in [0.5, 0.6) is 5.75 Å². The fourth-order valence-corrected chi connectivity index (χ4v) is 3.50. The summed E-state index contributed by atoms with van der Waals surface area (Å²) >= 11 is 0. The second-order valence-electron chi connectivity index (χ2n) is 7.05. The molecule has 0 bridgehead atoms. The van der Waals surface area contributed by atoms with Crippen LogP contribution in [0.1, 0.15) is 24.3 Å². The van der Waals surface area contributed by atoms with Crippen LogP contribution in [0.15, 0.2) is 51.7 Å². The van der Waals surface area contributed by atoms with E-state index in [0.717, 1.165) is 49.5 Å². The van der Waals surface area contributed by atoms with Gasteiger partial charge in [-0.1, -0.05) is 6.07 Å². The van der Waals surface area contributed by atoms with E-state index in [2.05, 4.69) is 9.88 Å². The van der Waals surface area contributed by atoms with E-state index in [1.165, 1.54) is 12.1 Å². The van der Waals surface area contributed by atoms with E-state index in [1.54, 1.807) is 24.7 Å². The summed E-state index contributed by atoms with van der Waals surface area (Å²) in [4.78, 5) is 7.02. The fraction of sp³-hybridized carbons (Fsp3) is 0.381. The van der Waals surface area contributed by atoms with Crippen LogP contribution < -0.4 is 4.74 Å². The highest BCUT2D eigenvalue weighted by molar-refractivity contribution is 5.51. The number of hydrogen-bond acceptors (Lipinski definition) is 5. The maximum absolute atomic E-state index is 13.3. The summed E-state index contributed by atoms with van der Waals surface area (Å²) in [5, 5.41) is 0. The summed E-state index contributed by atoms with van der Waals surface area (Å²) in [6.07, 6.45) is 5.48. The molecule has 0 saturated carbocycles. The number of ether oxygens (including phenoxy) is 1. The molecule has 0 aliphatic carbocycles. The van der Waals surface area contributed by atoms with Gasteiger partial charge >= 0.3 is 0 Å². The van der Waals surface area contributed by atoms with E-state index in [1.807, 2.05) is 13.0 Å². The van der Waals surface area contributed by atoms with Gasteiger partial charge in [-0.25, -0.2) is 9.37 Å². The van der Waals surface area contributed by atoms with Crippen molar-refractivity contribution in [3.8, 4) is 17.2 Å². The highest BCUT2D eigenvalue weighted by Crippen LogP contribution is 2.25. The van der Waals surface area contributed by atoms with Crippen LogP contribution in [0.3, 0.4) is 0 Å². The number of likely N-dealkylation sites (tertiary alicyclic amines) is 1. The third-order valence-electron chi connectivity index (χ3n) is 4.92. The summed E-state index contributed by atoms with van der Waals surface area (Å²) in [5.74, 6) is 2.17. The molecule has 1 saturated heterocycles. The average molecular weight is 370 g/mol. The van der Waals surface area contributed by atoms with Crippen molar-refractivity contribution < 1.29 is 18.0 Å². The predicted octanol–water partition coefficient (Wildman–Crippen LogP) is 4.67. The summed E-state index contributed by atoms with van der Waals surface area (Å²) < 4.78 is 30.0. The van der Waals surface area contributed by atoms with Gasteiger partial charge in [0.05, 0.1) is 24.1 Å². The molecule has 27 heavy (non-hydrogen) atoms. The second-order valence-corrected chi connectivity index (χ2v) is 7.05. The lowest BCUT2D eigenvalue weighted by atomic mass is 9.99. The number of furan rings is 1. The van der Waals surface area contributed by atoms with Crippen molar-refractivity contribution >= 4 is 0 Å². The molecule has 5 nitrogen and oxygen atoms in total. The summed E-state index contributed by atoms with van der Waals surface area (Å²) in [6.45, 7) is 5.26. The zero-order valence-electron chi connectivity index (χ0n) is 15.4. The molecule has 0 radical (unpaired) electrons. The number of aryl methyl sites for hydroxylation is 1. The van der Waals surface area contributed by atoms with Gasteiger partial charge in [0.15, 0.2) is 0 Å². The van der Waals surface area contributed by atoms with Crippen LogP contribution in [0.2, 0.25) is 0 Å². The van der Waals surface area contributed by atoms with Crippen LogP contribution in [0.4, 0.5) is 4.39 Å². The van der Waals surface area contributed by atoms with E-state index < -0.39 is 0 Å². The zero-order chi connectivity index (χ0) is 18.6. The third kappa shape index (κ3) is 4.39. The average Bonchev–Trinajstić information content (AvgIpc) is 3.31. The molecule has 6 heteroatoms. The third-order valence-corrected chi connectivity index (χ3v) is 4.92. The van der Waals surface area contributed by atoms with Gasteiger partial charge in [0, 0.05) is 25.1 Å². The largest absolute Gasteiger partial charge is 0.493 e. The van der Waals surface area contributed by atoms with E-state index in [9.17, 15) is 4.39 Å². The number of nitrogens with zero attached hydrogens (tertiary/aromatic N) is 2. The van der Waals surface area contributed by atoms with Gasteiger partial charge in [-0.05, 0) is 44.5 Å². The fourth-order valence-electron chi connectivity index (χ4n) is 3.50. The first-order chi connectivity index (χ1) is 13.2. The first kappa shape index (κ1) is 17.8. The van der Waals surface area contributed by atoms with E-state index in [4.69, 9.17) is 13.6 Å². The van der Waals surface area contributed by atoms with Gasteiger partial charge < -0.3 is 13.6 Å². The molecule has 0 spiro atoms. The molecule has 3 aromatic rings. The SMILES string of the molecule is Cc1oc(-c2ccoc2)nc1CN1CCC[C@@H](COc2cccc(F)c2)C1. The van der Waals surface area contributed by atoms with Crippen LogP contribution in [0.25, 0.3) is 11.5 Å². The number of aromatic nitrogens is 1. The summed E-state index contributed by atoms with van der Waals surface area (Å²) in [7, 11) is 0. The minimum Gasteiger partial charge on any atom is -0.493 e. The number of halogens is 1. The number of oxazole rings is 1. The molecule has 0 unspecified atom stereocenters. The molecule has 1 aromatic carbocycles. The molecule has 1 aliphatic heterocycles. The predicted molar refractivity (Wildman–Crippen MR) is 98.8 cm³/mol. The molecule has 1 aliphatic rings. The monoisotopic (exact) mass is 370 g/mol. The number of piperidine rings is 1. The second kappa shape index (κ2) is 7.96. The van der Waals surface area contributed by atoms with Gasteiger partial charge in [0.1, 0.15) is 23.6 Å². The van der Waals surface area contributed by atoms with Crippen LogP contribution in [-0.4, -0.2) is 29.6 Å². The lowest BCUT2D eigenvalue weighted by Crippen LogP contribution is -2.37. The van der Waals surface area contributed by atoms with Crippen molar-refractivity contribution in [3.05, 3.63) is 60.1 Å². The van der Waals surface area contributed by atoms with Crippen molar-refractivity contribution in [2.45, 2.75) is 26.3 Å². The van der Waals surface area contributed by atoms with Crippen LogP contribution >= 0.6 is 0 Å². The standard InChI is InChI=1S/C21H23FN2O3/c1-15-20(23-21(27-15)17-7-9-25-14-17)12-24-8-3-4-16(11-24)13-26-19-6-2-5-18(22)10-19/h2,5-7,9-10,14,16H,3-4,8,11-13H2,1H3/t16-/m1/s1. The first-order valence-electron chi connectivity index (χ1n) is 9.27. The first-order valence-corrected chi connectivity index (χ1v) is 9.27. The molecule has 0 amide bonds. The Morgan fingerprint density at radius 1 is 1.33 bits per heavy atom. The lowest BCUT2D eigenvalue weighted by molar-refractivity contribution is 0.123. The van der Waals surface area contributed by atoms with E-state index >= 15 is 0 Å². The van der Waals surface area contributed by atoms with E-state index in [-0.39, 0.29) is 5.82 Å². The zero-order valence-corrected chi connectivity index (χ0v) is 15.4. The van der Waals surface area contributed by atoms with Gasteiger partial charge in [0.25, 0.3) is 0 Å². The molecular weight excluding hydrogens is 347 g/mol. The molecule has 4 rings (SSSR count). The molecule has 1 fully saturated rings. The van der Waals surface area contributed by atoms with Crippen molar-refractivity contribution in [1.29, 1.82) is 0 Å². The molecule has 1 atom stereocenters. The highest BCUT2D eigenvalue weighted by Gasteiger charge is 2.23. The Hall–Kier alpha value is -2.60.